The zero-order chi connectivity index (χ0) is 10.7. The van der Waals surface area contributed by atoms with Gasteiger partial charge in [-0.05, 0) is 12.8 Å². The Bertz CT molecular complexity index is 344. The lowest BCUT2D eigenvalue weighted by Gasteiger charge is -2.17. The van der Waals surface area contributed by atoms with Gasteiger partial charge in [0.15, 0.2) is 5.82 Å². The van der Waals surface area contributed by atoms with Crippen LogP contribution in [0.4, 0.5) is 0 Å². The van der Waals surface area contributed by atoms with Gasteiger partial charge in [0.1, 0.15) is 6.42 Å². The maximum absolute atomic E-state index is 10.4. The molecule has 2 heterocycles. The number of aromatic nitrogens is 2. The summed E-state index contributed by atoms with van der Waals surface area (Å²) in [6.07, 6.45) is 1.52. The zero-order valence-electron chi connectivity index (χ0n) is 8.18. The van der Waals surface area contributed by atoms with E-state index < -0.39 is 5.97 Å². The van der Waals surface area contributed by atoms with Gasteiger partial charge in [0.2, 0.25) is 5.89 Å². The van der Waals surface area contributed by atoms with Crippen LogP contribution in [0.25, 0.3) is 0 Å². The number of hydrogen-bond donors (Lipinski definition) is 1. The van der Waals surface area contributed by atoms with Crippen LogP contribution in [0, 0.1) is 0 Å². The second-order valence-electron chi connectivity index (χ2n) is 3.51. The Labute approximate surface area is 86.2 Å². The molecular weight excluding hydrogens is 200 g/mol. The van der Waals surface area contributed by atoms with Crippen molar-refractivity contribution in [3.8, 4) is 0 Å². The Morgan fingerprint density at radius 3 is 2.87 bits per heavy atom. The maximum Gasteiger partial charge on any atom is 0.311 e. The summed E-state index contributed by atoms with van der Waals surface area (Å²) in [5.41, 5.74) is 0. The van der Waals surface area contributed by atoms with Gasteiger partial charge < -0.3 is 14.4 Å². The van der Waals surface area contributed by atoms with Gasteiger partial charge in [0, 0.05) is 19.1 Å². The van der Waals surface area contributed by atoms with E-state index in [2.05, 4.69) is 10.1 Å². The van der Waals surface area contributed by atoms with Crippen LogP contribution in [0.15, 0.2) is 4.52 Å². The van der Waals surface area contributed by atoms with E-state index >= 15 is 0 Å². The van der Waals surface area contributed by atoms with Crippen molar-refractivity contribution in [1.82, 2.24) is 10.1 Å². The first-order valence-corrected chi connectivity index (χ1v) is 4.87. The molecule has 6 nitrogen and oxygen atoms in total. The molecule has 0 spiro atoms. The summed E-state index contributed by atoms with van der Waals surface area (Å²) >= 11 is 0. The molecule has 0 unspecified atom stereocenters. The summed E-state index contributed by atoms with van der Waals surface area (Å²) < 4.78 is 10.2. The van der Waals surface area contributed by atoms with Crippen LogP contribution < -0.4 is 0 Å². The molecule has 1 aliphatic heterocycles. The van der Waals surface area contributed by atoms with E-state index in [4.69, 9.17) is 14.4 Å². The third-order valence-electron chi connectivity index (χ3n) is 2.36. The molecule has 0 amide bonds. The number of nitrogens with zero attached hydrogens (tertiary/aromatic N) is 2. The third kappa shape index (κ3) is 2.53. The third-order valence-corrected chi connectivity index (χ3v) is 2.36. The smallest absolute Gasteiger partial charge is 0.311 e. The van der Waals surface area contributed by atoms with E-state index in [-0.39, 0.29) is 18.2 Å². The first-order valence-electron chi connectivity index (χ1n) is 4.87. The Hall–Kier alpha value is -1.43. The van der Waals surface area contributed by atoms with Gasteiger partial charge in [-0.1, -0.05) is 5.16 Å². The van der Waals surface area contributed by atoms with Crippen molar-refractivity contribution < 1.29 is 19.2 Å². The highest BCUT2D eigenvalue weighted by Crippen LogP contribution is 2.25. The highest BCUT2D eigenvalue weighted by Gasteiger charge is 2.22. The molecule has 0 aliphatic carbocycles. The normalized spacial score (nSPS) is 17.9. The standard InChI is InChI=1S/C9H12N2O4/c12-8(13)5-7-10-9(15-11-7)6-1-3-14-4-2-6/h6H,1-5H2,(H,12,13). The molecule has 1 fully saturated rings. The SMILES string of the molecule is O=C(O)Cc1noc(C2CCOCC2)n1. The van der Waals surface area contributed by atoms with Gasteiger partial charge in [0.25, 0.3) is 0 Å². The van der Waals surface area contributed by atoms with Crippen LogP contribution in [-0.4, -0.2) is 34.4 Å². The first-order chi connectivity index (χ1) is 7.25. The van der Waals surface area contributed by atoms with Crippen molar-refractivity contribution in [2.24, 2.45) is 0 Å². The summed E-state index contributed by atoms with van der Waals surface area (Å²) in [6.45, 7) is 1.39. The molecule has 1 aromatic heterocycles. The fourth-order valence-corrected chi connectivity index (χ4v) is 1.58. The maximum atomic E-state index is 10.4. The van der Waals surface area contributed by atoms with Crippen molar-refractivity contribution in [2.75, 3.05) is 13.2 Å². The van der Waals surface area contributed by atoms with Crippen LogP contribution in [0.3, 0.4) is 0 Å². The minimum Gasteiger partial charge on any atom is -0.481 e. The van der Waals surface area contributed by atoms with Gasteiger partial charge >= 0.3 is 5.97 Å². The highest BCUT2D eigenvalue weighted by molar-refractivity contribution is 5.68. The van der Waals surface area contributed by atoms with E-state index in [1.54, 1.807) is 0 Å². The quantitative estimate of drug-likeness (QED) is 0.789. The Morgan fingerprint density at radius 2 is 2.20 bits per heavy atom. The average molecular weight is 212 g/mol. The molecular formula is C9H12N2O4. The summed E-state index contributed by atoms with van der Waals surface area (Å²) in [7, 11) is 0. The van der Waals surface area contributed by atoms with Gasteiger partial charge in [-0.25, -0.2) is 0 Å². The Balaban J connectivity index is 2.02. The van der Waals surface area contributed by atoms with Crippen molar-refractivity contribution in [3.63, 3.8) is 0 Å². The summed E-state index contributed by atoms with van der Waals surface area (Å²) in [4.78, 5) is 14.5. The van der Waals surface area contributed by atoms with Crippen LogP contribution in [0.2, 0.25) is 0 Å². The van der Waals surface area contributed by atoms with E-state index in [0.717, 1.165) is 12.8 Å². The number of carboxylic acids is 1. The number of hydrogen-bond acceptors (Lipinski definition) is 5. The largest absolute Gasteiger partial charge is 0.481 e. The van der Waals surface area contributed by atoms with Crippen molar-refractivity contribution >= 4 is 5.97 Å². The predicted molar refractivity (Wildman–Crippen MR) is 48.4 cm³/mol. The molecule has 6 heteroatoms. The van der Waals surface area contributed by atoms with Crippen LogP contribution in [0.1, 0.15) is 30.5 Å². The van der Waals surface area contributed by atoms with Crippen molar-refractivity contribution in [1.29, 1.82) is 0 Å². The average Bonchev–Trinajstić information content (AvgIpc) is 2.67. The zero-order valence-corrected chi connectivity index (χ0v) is 8.18. The van der Waals surface area contributed by atoms with Gasteiger partial charge in [-0.15, -0.1) is 0 Å². The van der Waals surface area contributed by atoms with E-state index in [0.29, 0.717) is 19.1 Å². The second-order valence-corrected chi connectivity index (χ2v) is 3.51. The van der Waals surface area contributed by atoms with Gasteiger partial charge in [-0.2, -0.15) is 4.98 Å². The number of carboxylic acid groups (broad SMARTS) is 1. The number of rotatable bonds is 3. The van der Waals surface area contributed by atoms with Crippen LogP contribution in [0.5, 0.6) is 0 Å². The van der Waals surface area contributed by atoms with E-state index in [1.807, 2.05) is 0 Å². The molecule has 0 aromatic carbocycles. The Morgan fingerprint density at radius 1 is 1.47 bits per heavy atom. The van der Waals surface area contributed by atoms with Crippen molar-refractivity contribution in [3.05, 3.63) is 11.7 Å². The molecule has 0 atom stereocenters. The predicted octanol–water partition coefficient (Wildman–Crippen LogP) is 0.591. The second kappa shape index (κ2) is 4.39. The molecule has 1 aliphatic rings. The summed E-state index contributed by atoms with van der Waals surface area (Å²) in [5, 5.41) is 12.2. The molecule has 2 rings (SSSR count). The van der Waals surface area contributed by atoms with Gasteiger partial charge in [-0.3, -0.25) is 4.79 Å². The summed E-state index contributed by atoms with van der Waals surface area (Å²) in [6, 6.07) is 0. The first kappa shape index (κ1) is 10.1. The van der Waals surface area contributed by atoms with Crippen LogP contribution in [-0.2, 0) is 16.0 Å². The number of aliphatic carboxylic acids is 1. The fraction of sp³-hybridized carbons (Fsp3) is 0.667. The molecule has 0 bridgehead atoms. The fourth-order valence-electron chi connectivity index (χ4n) is 1.58. The molecule has 1 saturated heterocycles. The molecule has 15 heavy (non-hydrogen) atoms. The lowest BCUT2D eigenvalue weighted by Crippen LogP contribution is -2.14. The van der Waals surface area contributed by atoms with E-state index in [1.165, 1.54) is 0 Å². The minimum atomic E-state index is -0.950. The topological polar surface area (TPSA) is 85.5 Å². The molecule has 0 radical (unpaired) electrons. The molecule has 1 aromatic rings. The number of ether oxygens (including phenoxy) is 1. The summed E-state index contributed by atoms with van der Waals surface area (Å²) in [5.74, 6) is 0.0432. The lowest BCUT2D eigenvalue weighted by molar-refractivity contribution is -0.136. The van der Waals surface area contributed by atoms with Crippen molar-refractivity contribution in [2.45, 2.75) is 25.2 Å². The minimum absolute atomic E-state index is 0.188. The molecule has 82 valence electrons. The monoisotopic (exact) mass is 212 g/mol. The number of carbonyl (C=O) groups is 1. The van der Waals surface area contributed by atoms with Crippen LogP contribution >= 0.6 is 0 Å². The van der Waals surface area contributed by atoms with E-state index in [9.17, 15) is 4.79 Å². The Kier molecular flexibility index (Phi) is 2.96. The highest BCUT2D eigenvalue weighted by atomic mass is 16.5. The molecule has 0 saturated carbocycles. The lowest BCUT2D eigenvalue weighted by atomic mass is 10.0. The molecule has 1 N–H and O–H groups in total. The van der Waals surface area contributed by atoms with Gasteiger partial charge in [0.05, 0.1) is 0 Å².